The molecule has 0 aromatic heterocycles. The molecule has 0 N–H and O–H groups in total. The van der Waals surface area contributed by atoms with Crippen LogP contribution in [0.25, 0.3) is 0 Å². The molecule has 0 saturated heterocycles. The number of hydrogen-bond acceptors (Lipinski definition) is 6. The molecule has 1 unspecified atom stereocenters. The van der Waals surface area contributed by atoms with Crippen LogP contribution in [0.2, 0.25) is 0 Å². The zero-order valence-corrected chi connectivity index (χ0v) is 13.2. The molecular formula is C13H12ClFN4O2S. The van der Waals surface area contributed by atoms with Crippen molar-refractivity contribution in [2.45, 2.75) is 12.8 Å². The second-order valence-corrected chi connectivity index (χ2v) is 7.00. The molecule has 1 aliphatic carbocycles. The van der Waals surface area contributed by atoms with Crippen LogP contribution in [0.5, 0.6) is 0 Å². The Morgan fingerprint density at radius 2 is 2.32 bits per heavy atom. The molecule has 2 atom stereocenters. The molecule has 0 saturated carbocycles. The molecule has 116 valence electrons. The summed E-state index contributed by atoms with van der Waals surface area (Å²) in [6.45, 7) is 0.971. The number of fused-ring (bicyclic) bond motifs is 2. The maximum Gasteiger partial charge on any atom is 0.360 e. The van der Waals surface area contributed by atoms with Crippen LogP contribution < -0.4 is 0 Å². The first-order valence-corrected chi connectivity index (χ1v) is 8.79. The van der Waals surface area contributed by atoms with Gasteiger partial charge >= 0.3 is 5.17 Å². The van der Waals surface area contributed by atoms with E-state index < -0.39 is 17.0 Å². The van der Waals surface area contributed by atoms with E-state index in [1.54, 1.807) is 5.01 Å². The number of rotatable bonds is 0. The predicted molar refractivity (Wildman–Crippen MR) is 82.8 cm³/mol. The van der Waals surface area contributed by atoms with E-state index in [1.165, 1.54) is 6.26 Å². The Morgan fingerprint density at radius 1 is 1.50 bits per heavy atom. The summed E-state index contributed by atoms with van der Waals surface area (Å²) >= 11 is 4.76. The first kappa shape index (κ1) is 14.2. The lowest BCUT2D eigenvalue weighted by atomic mass is 9.88. The molecule has 0 amide bonds. The summed E-state index contributed by atoms with van der Waals surface area (Å²) in [4.78, 5) is 9.28. The standard InChI is InChI=1S/C13H12ClFN4O2S/c1-22(20)13-16-11-9(15)8(14)10-7(5-21-18-10)6-3-2-4-19(17-13)12(6)11/h7H,2-5H2,1H3/t7-,22?/m1/s1. The van der Waals surface area contributed by atoms with Gasteiger partial charge in [0.25, 0.3) is 0 Å². The Morgan fingerprint density at radius 3 is 3.09 bits per heavy atom. The second-order valence-electron chi connectivity index (χ2n) is 5.35. The fraction of sp³-hybridized carbons (Fsp3) is 0.462. The van der Waals surface area contributed by atoms with Gasteiger partial charge in [-0.3, -0.25) is 5.01 Å². The molecule has 4 aliphatic rings. The SMILES string of the molecule is C[S+]([O-])C1=NN2CCCC3=C2C(=N1)C(F)=C(Cl)C1=NOC[C@@H]13. The number of halogens is 2. The number of hydrazone groups is 1. The van der Waals surface area contributed by atoms with Crippen molar-refractivity contribution in [1.29, 1.82) is 0 Å². The van der Waals surface area contributed by atoms with E-state index in [1.807, 2.05) is 0 Å². The number of allylic oxidation sites excluding steroid dienone is 2. The van der Waals surface area contributed by atoms with Gasteiger partial charge in [-0.2, -0.15) is 4.99 Å². The van der Waals surface area contributed by atoms with E-state index in [0.717, 1.165) is 18.4 Å². The lowest BCUT2D eigenvalue weighted by molar-refractivity contribution is 0.158. The third-order valence-electron chi connectivity index (χ3n) is 4.05. The number of hydrogen-bond donors (Lipinski definition) is 0. The van der Waals surface area contributed by atoms with Gasteiger partial charge in [0, 0.05) is 17.7 Å². The highest BCUT2D eigenvalue weighted by Crippen LogP contribution is 2.41. The number of nitrogens with zero attached hydrogens (tertiary/aromatic N) is 4. The van der Waals surface area contributed by atoms with E-state index in [2.05, 4.69) is 15.2 Å². The van der Waals surface area contributed by atoms with Crippen LogP contribution >= 0.6 is 11.6 Å². The minimum atomic E-state index is -1.40. The summed E-state index contributed by atoms with van der Waals surface area (Å²) in [5.41, 5.74) is 2.12. The molecule has 0 aromatic rings. The zero-order valence-electron chi connectivity index (χ0n) is 11.7. The van der Waals surface area contributed by atoms with Gasteiger partial charge in [-0.25, -0.2) is 4.39 Å². The molecule has 0 radical (unpaired) electrons. The maximum atomic E-state index is 14.8. The van der Waals surface area contributed by atoms with Crippen LogP contribution in [-0.4, -0.2) is 45.6 Å². The highest BCUT2D eigenvalue weighted by Gasteiger charge is 2.43. The lowest BCUT2D eigenvalue weighted by Crippen LogP contribution is -2.36. The molecule has 0 spiro atoms. The van der Waals surface area contributed by atoms with E-state index in [-0.39, 0.29) is 21.8 Å². The van der Waals surface area contributed by atoms with Crippen molar-refractivity contribution in [2.75, 3.05) is 19.4 Å². The first-order chi connectivity index (χ1) is 10.6. The molecule has 0 fully saturated rings. The summed E-state index contributed by atoms with van der Waals surface area (Å²) < 4.78 is 26.5. The van der Waals surface area contributed by atoms with Gasteiger partial charge < -0.3 is 9.39 Å². The summed E-state index contributed by atoms with van der Waals surface area (Å²) in [7, 11) is 0. The summed E-state index contributed by atoms with van der Waals surface area (Å²) in [5.74, 6) is -0.835. The topological polar surface area (TPSA) is 72.6 Å². The summed E-state index contributed by atoms with van der Waals surface area (Å²) in [6, 6.07) is 0. The van der Waals surface area contributed by atoms with Crippen LogP contribution in [0, 0.1) is 5.92 Å². The van der Waals surface area contributed by atoms with Gasteiger partial charge in [-0.15, -0.1) is 5.10 Å². The van der Waals surface area contributed by atoms with Crippen molar-refractivity contribution in [3.05, 3.63) is 22.1 Å². The van der Waals surface area contributed by atoms with Crippen molar-refractivity contribution < 1.29 is 13.8 Å². The highest BCUT2D eigenvalue weighted by molar-refractivity contribution is 8.05. The van der Waals surface area contributed by atoms with Gasteiger partial charge in [0.2, 0.25) is 0 Å². The van der Waals surface area contributed by atoms with Gasteiger partial charge in [0.1, 0.15) is 29.3 Å². The molecule has 9 heteroatoms. The van der Waals surface area contributed by atoms with E-state index in [4.69, 9.17) is 16.4 Å². The lowest BCUT2D eigenvalue weighted by Gasteiger charge is -2.32. The van der Waals surface area contributed by atoms with Crippen LogP contribution in [0.3, 0.4) is 0 Å². The predicted octanol–water partition coefficient (Wildman–Crippen LogP) is 1.88. The molecular weight excluding hydrogens is 331 g/mol. The van der Waals surface area contributed by atoms with Crippen LogP contribution in [0.4, 0.5) is 4.39 Å². The zero-order chi connectivity index (χ0) is 15.4. The van der Waals surface area contributed by atoms with Crippen LogP contribution in [0.1, 0.15) is 12.8 Å². The molecule has 3 aliphatic heterocycles. The number of oxime groups is 1. The van der Waals surface area contributed by atoms with E-state index in [0.29, 0.717) is 24.6 Å². The monoisotopic (exact) mass is 342 g/mol. The smallest absolute Gasteiger partial charge is 0.360 e. The minimum Gasteiger partial charge on any atom is -0.609 e. The molecule has 22 heavy (non-hydrogen) atoms. The Bertz CT molecular complexity index is 713. The fourth-order valence-electron chi connectivity index (χ4n) is 3.08. The van der Waals surface area contributed by atoms with Crippen molar-refractivity contribution in [2.24, 2.45) is 21.2 Å². The van der Waals surface area contributed by atoms with Gasteiger partial charge in [0.05, 0.1) is 11.6 Å². The highest BCUT2D eigenvalue weighted by atomic mass is 35.5. The van der Waals surface area contributed by atoms with Crippen molar-refractivity contribution >= 4 is 39.4 Å². The number of aliphatic imine (C=N–C) groups is 1. The van der Waals surface area contributed by atoms with Crippen LogP contribution in [0.15, 0.2) is 37.4 Å². The summed E-state index contributed by atoms with van der Waals surface area (Å²) in [5, 5.41) is 9.88. The molecule has 0 bridgehead atoms. The van der Waals surface area contributed by atoms with Crippen LogP contribution in [-0.2, 0) is 16.0 Å². The molecule has 6 nitrogen and oxygen atoms in total. The van der Waals surface area contributed by atoms with E-state index in [9.17, 15) is 8.94 Å². The molecule has 3 heterocycles. The third kappa shape index (κ3) is 1.94. The van der Waals surface area contributed by atoms with Gasteiger partial charge in [-0.1, -0.05) is 16.8 Å². The average molecular weight is 343 g/mol. The largest absolute Gasteiger partial charge is 0.609 e. The van der Waals surface area contributed by atoms with Gasteiger partial charge in [0.15, 0.2) is 5.83 Å². The molecule has 4 rings (SSSR count). The summed E-state index contributed by atoms with van der Waals surface area (Å²) in [6.07, 6.45) is 3.12. The normalized spacial score (nSPS) is 28.3. The first-order valence-electron chi connectivity index (χ1n) is 6.85. The molecule has 0 aromatic carbocycles. The van der Waals surface area contributed by atoms with Crippen molar-refractivity contribution in [3.63, 3.8) is 0 Å². The average Bonchev–Trinajstić information content (AvgIpc) is 2.98. The Hall–Kier alpha value is -1.38. The van der Waals surface area contributed by atoms with Crippen molar-refractivity contribution in [3.8, 4) is 0 Å². The van der Waals surface area contributed by atoms with E-state index >= 15 is 0 Å². The fourth-order valence-corrected chi connectivity index (χ4v) is 3.77. The quantitative estimate of drug-likeness (QED) is 0.631. The Kier molecular flexibility index (Phi) is 3.28. The maximum absolute atomic E-state index is 14.8. The minimum absolute atomic E-state index is 0.0845. The Labute approximate surface area is 134 Å². The number of amidine groups is 1. The second kappa shape index (κ2) is 5.07. The van der Waals surface area contributed by atoms with Gasteiger partial charge in [-0.05, 0) is 18.4 Å². The third-order valence-corrected chi connectivity index (χ3v) is 5.10. The Balaban J connectivity index is 1.97. The van der Waals surface area contributed by atoms with Crippen molar-refractivity contribution in [1.82, 2.24) is 5.01 Å².